The van der Waals surface area contributed by atoms with Crippen molar-refractivity contribution < 1.29 is 10.0 Å². The highest BCUT2D eigenvalue weighted by Gasteiger charge is 2.13. The minimum atomic E-state index is -0.670. The second-order valence-corrected chi connectivity index (χ2v) is 4.89. The fourth-order valence-electron chi connectivity index (χ4n) is 1.57. The van der Waals surface area contributed by atoms with E-state index in [4.69, 9.17) is 23.8 Å². The largest absolute Gasteiger partial charge is 0.502 e. The zero-order valence-electron chi connectivity index (χ0n) is 10.5. The van der Waals surface area contributed by atoms with Gasteiger partial charge in [0.2, 0.25) is 0 Å². The predicted molar refractivity (Wildman–Crippen MR) is 86.1 cm³/mol. The molecule has 3 N–H and O–H groups in total. The number of aromatic hydroxyl groups is 1. The minimum Gasteiger partial charge on any atom is -0.502 e. The Kier molecular flexibility index (Phi) is 4.56. The van der Waals surface area contributed by atoms with Crippen LogP contribution < -0.4 is 10.6 Å². The summed E-state index contributed by atoms with van der Waals surface area (Å²) in [7, 11) is 0. The van der Waals surface area contributed by atoms with E-state index in [1.165, 1.54) is 18.2 Å². The van der Waals surface area contributed by atoms with Crippen molar-refractivity contribution in [1.82, 2.24) is 0 Å². The SMILES string of the molecule is O=[N+]([O-])c1cc(NC(=S)Nc2ccc(Cl)cc2)ccc1O. The molecule has 2 rings (SSSR count). The number of thiocarbonyl (C=S) groups is 1. The molecule has 0 aliphatic heterocycles. The summed E-state index contributed by atoms with van der Waals surface area (Å²) in [6.07, 6.45) is 0. The monoisotopic (exact) mass is 323 g/mol. The Morgan fingerprint density at radius 1 is 1.14 bits per heavy atom. The van der Waals surface area contributed by atoms with Crippen molar-refractivity contribution in [2.45, 2.75) is 0 Å². The maximum absolute atomic E-state index is 10.7. The van der Waals surface area contributed by atoms with E-state index < -0.39 is 16.4 Å². The molecule has 0 heterocycles. The normalized spacial score (nSPS) is 9.95. The first-order valence-corrected chi connectivity index (χ1v) is 6.55. The van der Waals surface area contributed by atoms with Crippen LogP contribution in [0.5, 0.6) is 5.75 Å². The van der Waals surface area contributed by atoms with Gasteiger partial charge in [0.25, 0.3) is 0 Å². The lowest BCUT2D eigenvalue weighted by atomic mass is 10.2. The Balaban J connectivity index is 2.07. The van der Waals surface area contributed by atoms with Crippen molar-refractivity contribution >= 4 is 46.0 Å². The lowest BCUT2D eigenvalue weighted by Crippen LogP contribution is -2.19. The molecular weight excluding hydrogens is 314 g/mol. The molecule has 21 heavy (non-hydrogen) atoms. The van der Waals surface area contributed by atoms with Gasteiger partial charge in [-0.05, 0) is 48.6 Å². The van der Waals surface area contributed by atoms with E-state index in [9.17, 15) is 15.2 Å². The van der Waals surface area contributed by atoms with Crippen molar-refractivity contribution in [2.75, 3.05) is 10.6 Å². The predicted octanol–water partition coefficient (Wildman–Crippen LogP) is 3.76. The van der Waals surface area contributed by atoms with Gasteiger partial charge in [-0.2, -0.15) is 0 Å². The number of nitrogens with zero attached hydrogens (tertiary/aromatic N) is 1. The van der Waals surface area contributed by atoms with Gasteiger partial charge in [-0.3, -0.25) is 10.1 Å². The summed E-state index contributed by atoms with van der Waals surface area (Å²) in [4.78, 5) is 10.1. The lowest BCUT2D eigenvalue weighted by Gasteiger charge is -2.10. The van der Waals surface area contributed by atoms with Crippen molar-refractivity contribution in [3.63, 3.8) is 0 Å². The molecule has 0 aromatic heterocycles. The number of hydrogen-bond donors (Lipinski definition) is 3. The van der Waals surface area contributed by atoms with Gasteiger partial charge < -0.3 is 15.7 Å². The molecule has 0 aliphatic carbocycles. The average Bonchev–Trinajstić information content (AvgIpc) is 2.43. The Morgan fingerprint density at radius 2 is 1.71 bits per heavy atom. The summed E-state index contributed by atoms with van der Waals surface area (Å²) in [5.74, 6) is -0.401. The van der Waals surface area contributed by atoms with Crippen LogP contribution in [0, 0.1) is 10.1 Å². The fraction of sp³-hybridized carbons (Fsp3) is 0. The smallest absolute Gasteiger partial charge is 0.312 e. The Labute approximate surface area is 130 Å². The summed E-state index contributed by atoms with van der Waals surface area (Å²) in [5.41, 5.74) is 0.727. The van der Waals surface area contributed by atoms with Crippen molar-refractivity contribution in [1.29, 1.82) is 0 Å². The zero-order valence-corrected chi connectivity index (χ0v) is 12.1. The summed E-state index contributed by atoms with van der Waals surface area (Å²) in [6, 6.07) is 10.8. The third kappa shape index (κ3) is 4.04. The van der Waals surface area contributed by atoms with Crippen LogP contribution in [0.3, 0.4) is 0 Å². The second kappa shape index (κ2) is 6.38. The second-order valence-electron chi connectivity index (χ2n) is 4.05. The topological polar surface area (TPSA) is 87.4 Å². The van der Waals surface area contributed by atoms with E-state index in [1.54, 1.807) is 24.3 Å². The standard InChI is InChI=1S/C13H10ClN3O3S/c14-8-1-3-9(4-2-8)15-13(21)16-10-5-6-12(18)11(7-10)17(19)20/h1-7,18H,(H2,15,16,21). The first-order chi connectivity index (χ1) is 9.95. The highest BCUT2D eigenvalue weighted by Crippen LogP contribution is 2.28. The number of nitrogens with one attached hydrogen (secondary N) is 2. The van der Waals surface area contributed by atoms with E-state index in [-0.39, 0.29) is 5.11 Å². The van der Waals surface area contributed by atoms with Crippen molar-refractivity contribution in [3.8, 4) is 5.75 Å². The molecule has 2 aromatic rings. The zero-order chi connectivity index (χ0) is 15.4. The van der Waals surface area contributed by atoms with Crippen molar-refractivity contribution in [3.05, 3.63) is 57.6 Å². The highest BCUT2D eigenvalue weighted by molar-refractivity contribution is 7.80. The van der Waals surface area contributed by atoms with Crippen molar-refractivity contribution in [2.24, 2.45) is 0 Å². The van der Waals surface area contributed by atoms with Gasteiger partial charge in [0.1, 0.15) is 0 Å². The van der Waals surface area contributed by atoms with Gasteiger partial charge in [0.15, 0.2) is 10.9 Å². The van der Waals surface area contributed by atoms with Gasteiger partial charge in [0, 0.05) is 22.5 Å². The van der Waals surface area contributed by atoms with E-state index >= 15 is 0 Å². The molecule has 0 fully saturated rings. The molecule has 108 valence electrons. The van der Waals surface area contributed by atoms with Gasteiger partial charge in [-0.15, -0.1) is 0 Å². The summed E-state index contributed by atoms with van der Waals surface area (Å²) in [6.45, 7) is 0. The molecule has 6 nitrogen and oxygen atoms in total. The number of rotatable bonds is 3. The first-order valence-electron chi connectivity index (χ1n) is 5.76. The molecule has 0 saturated carbocycles. The lowest BCUT2D eigenvalue weighted by molar-refractivity contribution is -0.385. The number of halogens is 1. The van der Waals surface area contributed by atoms with Crippen LogP contribution in [0.4, 0.5) is 17.1 Å². The highest BCUT2D eigenvalue weighted by atomic mass is 35.5. The summed E-state index contributed by atoms with van der Waals surface area (Å²) < 4.78 is 0. The van der Waals surface area contributed by atoms with Crippen LogP contribution in [0.15, 0.2) is 42.5 Å². The van der Waals surface area contributed by atoms with Gasteiger partial charge in [-0.25, -0.2) is 0 Å². The molecular formula is C13H10ClN3O3S. The van der Waals surface area contributed by atoms with E-state index in [1.807, 2.05) is 0 Å². The van der Waals surface area contributed by atoms with Crippen LogP contribution in [0.1, 0.15) is 0 Å². The molecule has 0 atom stereocenters. The first kappa shape index (κ1) is 15.0. The van der Waals surface area contributed by atoms with Crippen LogP contribution in [0.25, 0.3) is 0 Å². The molecule has 0 amide bonds. The molecule has 2 aromatic carbocycles. The van der Waals surface area contributed by atoms with E-state index in [2.05, 4.69) is 10.6 Å². The third-order valence-electron chi connectivity index (χ3n) is 2.53. The van der Waals surface area contributed by atoms with E-state index in [0.29, 0.717) is 10.7 Å². The minimum absolute atomic E-state index is 0.261. The maximum atomic E-state index is 10.7. The van der Waals surface area contributed by atoms with Crippen LogP contribution >= 0.6 is 23.8 Å². The molecule has 0 saturated heterocycles. The Bertz CT molecular complexity index is 692. The van der Waals surface area contributed by atoms with E-state index in [0.717, 1.165) is 5.69 Å². The number of nitro groups is 1. The van der Waals surface area contributed by atoms with Gasteiger partial charge in [0.05, 0.1) is 4.92 Å². The molecule has 0 unspecified atom stereocenters. The Hall–Kier alpha value is -2.38. The molecule has 0 radical (unpaired) electrons. The summed E-state index contributed by atoms with van der Waals surface area (Å²) >= 11 is 10.9. The van der Waals surface area contributed by atoms with Crippen LogP contribution in [-0.4, -0.2) is 15.1 Å². The van der Waals surface area contributed by atoms with Crippen LogP contribution in [-0.2, 0) is 0 Å². The fourth-order valence-corrected chi connectivity index (χ4v) is 1.94. The van der Waals surface area contributed by atoms with Gasteiger partial charge >= 0.3 is 5.69 Å². The Morgan fingerprint density at radius 3 is 2.33 bits per heavy atom. The molecule has 0 bridgehead atoms. The number of phenols is 1. The number of nitro benzene ring substituents is 1. The molecule has 0 aliphatic rings. The molecule has 0 spiro atoms. The quantitative estimate of drug-likeness (QED) is 0.345. The molecule has 8 heteroatoms. The number of anilines is 2. The van der Waals surface area contributed by atoms with Gasteiger partial charge in [-0.1, -0.05) is 11.6 Å². The number of hydrogen-bond acceptors (Lipinski definition) is 4. The number of benzene rings is 2. The summed E-state index contributed by atoms with van der Waals surface area (Å²) in [5, 5.41) is 26.7. The average molecular weight is 324 g/mol. The van der Waals surface area contributed by atoms with Crippen LogP contribution in [0.2, 0.25) is 5.02 Å². The number of phenolic OH excluding ortho intramolecular Hbond substituents is 1. The third-order valence-corrected chi connectivity index (χ3v) is 2.99. The maximum Gasteiger partial charge on any atom is 0.312 e.